The molecule has 3 aromatic rings. The second-order valence-electron chi connectivity index (χ2n) is 5.41. The predicted octanol–water partition coefficient (Wildman–Crippen LogP) is 4.09. The largest absolute Gasteiger partial charge is 0.491 e. The molecule has 0 bridgehead atoms. The number of nitro benzene ring substituents is 1. The van der Waals surface area contributed by atoms with Gasteiger partial charge in [-0.15, -0.1) is 11.3 Å². The van der Waals surface area contributed by atoms with E-state index < -0.39 is 4.92 Å². The van der Waals surface area contributed by atoms with Gasteiger partial charge in [0.05, 0.1) is 16.4 Å². The van der Waals surface area contributed by atoms with Gasteiger partial charge in [0.25, 0.3) is 11.6 Å². The van der Waals surface area contributed by atoms with Gasteiger partial charge in [0.15, 0.2) is 0 Å². The standard InChI is InChI=1S/C18H16N2O5S/c1-24-8-9-25-15-5-2-13(3-6-15)19-18(21)17-11-12-10-14(20(22)23)4-7-16(12)26-17/h2-7,10-11H,8-9H2,1H3,(H,19,21). The maximum absolute atomic E-state index is 12.4. The maximum atomic E-state index is 12.4. The molecule has 0 aliphatic carbocycles. The van der Waals surface area contributed by atoms with E-state index in [1.807, 2.05) is 0 Å². The third kappa shape index (κ3) is 4.16. The van der Waals surface area contributed by atoms with Crippen LogP contribution in [0.3, 0.4) is 0 Å². The van der Waals surface area contributed by atoms with Gasteiger partial charge in [-0.1, -0.05) is 0 Å². The summed E-state index contributed by atoms with van der Waals surface area (Å²) < 4.78 is 11.2. The second kappa shape index (κ2) is 7.94. The van der Waals surface area contributed by atoms with Crippen molar-refractivity contribution in [1.82, 2.24) is 0 Å². The first-order chi connectivity index (χ1) is 12.6. The summed E-state index contributed by atoms with van der Waals surface area (Å²) in [5, 5.41) is 14.3. The number of nitrogens with one attached hydrogen (secondary N) is 1. The fourth-order valence-electron chi connectivity index (χ4n) is 2.33. The molecule has 0 unspecified atom stereocenters. The Balaban J connectivity index is 1.69. The Bertz CT molecular complexity index is 936. The van der Waals surface area contributed by atoms with Gasteiger partial charge in [-0.05, 0) is 36.4 Å². The zero-order valence-electron chi connectivity index (χ0n) is 13.9. The fourth-order valence-corrected chi connectivity index (χ4v) is 3.26. The smallest absolute Gasteiger partial charge is 0.270 e. The van der Waals surface area contributed by atoms with Crippen LogP contribution in [0.25, 0.3) is 10.1 Å². The van der Waals surface area contributed by atoms with Gasteiger partial charge in [-0.25, -0.2) is 0 Å². The fraction of sp³-hybridized carbons (Fsp3) is 0.167. The van der Waals surface area contributed by atoms with Crippen molar-refractivity contribution in [2.75, 3.05) is 25.6 Å². The molecule has 0 fully saturated rings. The average molecular weight is 372 g/mol. The van der Waals surface area contributed by atoms with Crippen LogP contribution in [-0.4, -0.2) is 31.2 Å². The number of ether oxygens (including phenoxy) is 2. The minimum Gasteiger partial charge on any atom is -0.491 e. The molecule has 8 heteroatoms. The zero-order chi connectivity index (χ0) is 18.5. The van der Waals surface area contributed by atoms with Crippen molar-refractivity contribution in [3.63, 3.8) is 0 Å². The maximum Gasteiger partial charge on any atom is 0.270 e. The summed E-state index contributed by atoms with van der Waals surface area (Å²) in [6.45, 7) is 0.957. The van der Waals surface area contributed by atoms with Gasteiger partial charge in [0.2, 0.25) is 0 Å². The van der Waals surface area contributed by atoms with Crippen LogP contribution in [0.5, 0.6) is 5.75 Å². The Morgan fingerprint density at radius 3 is 2.62 bits per heavy atom. The predicted molar refractivity (Wildman–Crippen MR) is 100 cm³/mol. The van der Waals surface area contributed by atoms with Crippen LogP contribution in [0, 0.1) is 10.1 Å². The number of non-ortho nitro benzene ring substituents is 1. The number of nitrogens with zero attached hydrogens (tertiary/aromatic N) is 1. The number of hydrogen-bond acceptors (Lipinski definition) is 6. The lowest BCUT2D eigenvalue weighted by atomic mass is 10.2. The van der Waals surface area contributed by atoms with E-state index in [2.05, 4.69) is 5.32 Å². The number of anilines is 1. The van der Waals surface area contributed by atoms with Gasteiger partial charge in [-0.3, -0.25) is 14.9 Å². The molecule has 1 N–H and O–H groups in total. The number of hydrogen-bond donors (Lipinski definition) is 1. The van der Waals surface area contributed by atoms with Crippen LogP contribution in [0.4, 0.5) is 11.4 Å². The number of carbonyl (C=O) groups excluding carboxylic acids is 1. The molecule has 0 aliphatic heterocycles. The average Bonchev–Trinajstić information content (AvgIpc) is 3.07. The Morgan fingerprint density at radius 2 is 1.92 bits per heavy atom. The number of methoxy groups -OCH3 is 1. The van der Waals surface area contributed by atoms with E-state index in [1.165, 1.54) is 23.5 Å². The van der Waals surface area contributed by atoms with Crippen molar-refractivity contribution in [3.05, 3.63) is 63.5 Å². The Morgan fingerprint density at radius 1 is 1.15 bits per heavy atom. The van der Waals surface area contributed by atoms with Crippen LogP contribution < -0.4 is 10.1 Å². The molecule has 0 atom stereocenters. The molecule has 1 aromatic heterocycles. The highest BCUT2D eigenvalue weighted by atomic mass is 32.1. The first-order valence-corrected chi connectivity index (χ1v) is 8.59. The summed E-state index contributed by atoms with van der Waals surface area (Å²) >= 11 is 1.29. The van der Waals surface area contributed by atoms with E-state index in [1.54, 1.807) is 43.5 Å². The van der Waals surface area contributed by atoms with Crippen molar-refractivity contribution in [1.29, 1.82) is 0 Å². The summed E-state index contributed by atoms with van der Waals surface area (Å²) in [5.74, 6) is 0.427. The van der Waals surface area contributed by atoms with Crippen LogP contribution >= 0.6 is 11.3 Å². The molecule has 0 radical (unpaired) electrons. The molecule has 0 saturated heterocycles. The molecule has 0 spiro atoms. The monoisotopic (exact) mass is 372 g/mol. The quantitative estimate of drug-likeness (QED) is 0.383. The highest BCUT2D eigenvalue weighted by molar-refractivity contribution is 7.20. The molecule has 0 aliphatic rings. The van der Waals surface area contributed by atoms with Crippen molar-refractivity contribution in [3.8, 4) is 5.75 Å². The lowest BCUT2D eigenvalue weighted by molar-refractivity contribution is -0.384. The first-order valence-electron chi connectivity index (χ1n) is 7.78. The van der Waals surface area contributed by atoms with Gasteiger partial charge < -0.3 is 14.8 Å². The third-order valence-corrected chi connectivity index (χ3v) is 4.72. The third-order valence-electron chi connectivity index (χ3n) is 3.60. The van der Waals surface area contributed by atoms with Crippen molar-refractivity contribution in [2.45, 2.75) is 0 Å². The molecule has 134 valence electrons. The SMILES string of the molecule is COCCOc1ccc(NC(=O)c2cc3cc([N+](=O)[O-])ccc3s2)cc1. The van der Waals surface area contributed by atoms with Crippen LogP contribution in [-0.2, 0) is 4.74 Å². The van der Waals surface area contributed by atoms with Gasteiger partial charge in [0.1, 0.15) is 12.4 Å². The van der Waals surface area contributed by atoms with Crippen molar-refractivity contribution < 1.29 is 19.2 Å². The van der Waals surface area contributed by atoms with Crippen LogP contribution in [0.15, 0.2) is 48.5 Å². The van der Waals surface area contributed by atoms with E-state index in [9.17, 15) is 14.9 Å². The number of carbonyl (C=O) groups is 1. The Kier molecular flexibility index (Phi) is 5.45. The molecule has 7 nitrogen and oxygen atoms in total. The number of benzene rings is 2. The van der Waals surface area contributed by atoms with Gasteiger partial charge in [0, 0.05) is 35.0 Å². The lowest BCUT2D eigenvalue weighted by Crippen LogP contribution is -2.10. The van der Waals surface area contributed by atoms with E-state index in [4.69, 9.17) is 9.47 Å². The van der Waals surface area contributed by atoms with E-state index in [-0.39, 0.29) is 11.6 Å². The number of rotatable bonds is 7. The minimum absolute atomic E-state index is 0.00585. The minimum atomic E-state index is -0.451. The van der Waals surface area contributed by atoms with E-state index >= 15 is 0 Å². The molecule has 0 saturated carbocycles. The summed E-state index contributed by atoms with van der Waals surface area (Å²) in [6, 6.07) is 13.2. The lowest BCUT2D eigenvalue weighted by Gasteiger charge is -2.07. The molecular weight excluding hydrogens is 356 g/mol. The molecule has 1 heterocycles. The molecule has 2 aromatic carbocycles. The van der Waals surface area contributed by atoms with Crippen molar-refractivity contribution >= 4 is 38.7 Å². The summed E-state index contributed by atoms with van der Waals surface area (Å²) in [4.78, 5) is 23.3. The van der Waals surface area contributed by atoms with E-state index in [0.717, 1.165) is 4.70 Å². The molecular formula is C18H16N2O5S. The van der Waals surface area contributed by atoms with E-state index in [0.29, 0.717) is 34.9 Å². The summed E-state index contributed by atoms with van der Waals surface area (Å²) in [5.41, 5.74) is 0.642. The van der Waals surface area contributed by atoms with Crippen molar-refractivity contribution in [2.24, 2.45) is 0 Å². The summed E-state index contributed by atoms with van der Waals surface area (Å²) in [6.07, 6.45) is 0. The molecule has 26 heavy (non-hydrogen) atoms. The Hall–Kier alpha value is -2.97. The first kappa shape index (κ1) is 17.8. The van der Waals surface area contributed by atoms with Gasteiger partial charge in [-0.2, -0.15) is 0 Å². The number of fused-ring (bicyclic) bond motifs is 1. The van der Waals surface area contributed by atoms with Crippen LogP contribution in [0.1, 0.15) is 9.67 Å². The summed E-state index contributed by atoms with van der Waals surface area (Å²) in [7, 11) is 1.61. The van der Waals surface area contributed by atoms with Gasteiger partial charge >= 0.3 is 0 Å². The number of amides is 1. The second-order valence-corrected chi connectivity index (χ2v) is 6.49. The highest BCUT2D eigenvalue weighted by Crippen LogP contribution is 2.29. The molecule has 1 amide bonds. The topological polar surface area (TPSA) is 90.7 Å². The Labute approximate surface area is 153 Å². The molecule has 3 rings (SSSR count). The number of thiophene rings is 1. The number of nitro groups is 1. The highest BCUT2D eigenvalue weighted by Gasteiger charge is 2.13. The zero-order valence-corrected chi connectivity index (χ0v) is 14.7. The van der Waals surface area contributed by atoms with Crippen LogP contribution in [0.2, 0.25) is 0 Å². The normalized spacial score (nSPS) is 10.7.